The second-order valence-corrected chi connectivity index (χ2v) is 5.75. The van der Waals surface area contributed by atoms with Crippen LogP contribution in [0.25, 0.3) is 0 Å². The lowest BCUT2D eigenvalue weighted by molar-refractivity contribution is 0.327. The van der Waals surface area contributed by atoms with Gasteiger partial charge in [-0.3, -0.25) is 0 Å². The molecule has 0 bridgehead atoms. The molecular formula is C15H21FN2S. The van der Waals surface area contributed by atoms with Crippen LogP contribution < -0.4 is 11.1 Å². The standard InChI is InChI=1S/C15H21FN2S/c1-2-10-5-3-6-11(9-10)18-13-8-4-7-12(16)14(13)15(17)19/h4,7-8,10-11,18H,2-3,5-6,9H2,1H3,(H2,17,19). The zero-order valence-corrected chi connectivity index (χ0v) is 12.1. The number of hydrogen-bond acceptors (Lipinski definition) is 2. The van der Waals surface area contributed by atoms with Crippen LogP contribution in [0.3, 0.4) is 0 Å². The fourth-order valence-electron chi connectivity index (χ4n) is 2.91. The number of halogens is 1. The van der Waals surface area contributed by atoms with Gasteiger partial charge in [-0.25, -0.2) is 4.39 Å². The highest BCUT2D eigenvalue weighted by Gasteiger charge is 2.22. The lowest BCUT2D eigenvalue weighted by Gasteiger charge is -2.30. The van der Waals surface area contributed by atoms with E-state index in [0.717, 1.165) is 24.4 Å². The topological polar surface area (TPSA) is 38.0 Å². The number of nitrogens with two attached hydrogens (primary N) is 1. The van der Waals surface area contributed by atoms with E-state index in [2.05, 4.69) is 12.2 Å². The molecule has 0 aromatic heterocycles. The van der Waals surface area contributed by atoms with Gasteiger partial charge in [0.05, 0.1) is 5.56 Å². The van der Waals surface area contributed by atoms with Gasteiger partial charge in [0.15, 0.2) is 0 Å². The third kappa shape index (κ3) is 3.44. The Morgan fingerprint density at radius 3 is 2.95 bits per heavy atom. The first-order chi connectivity index (χ1) is 9.11. The molecule has 0 spiro atoms. The van der Waals surface area contributed by atoms with Gasteiger partial charge >= 0.3 is 0 Å². The minimum absolute atomic E-state index is 0.114. The van der Waals surface area contributed by atoms with Gasteiger partial charge in [0, 0.05) is 11.7 Å². The molecule has 19 heavy (non-hydrogen) atoms. The highest BCUT2D eigenvalue weighted by molar-refractivity contribution is 7.80. The summed E-state index contributed by atoms with van der Waals surface area (Å²) in [4.78, 5) is 0.114. The Bertz CT molecular complexity index is 461. The van der Waals surface area contributed by atoms with Crippen molar-refractivity contribution in [1.82, 2.24) is 0 Å². The van der Waals surface area contributed by atoms with Crippen LogP contribution in [0.1, 0.15) is 44.6 Å². The molecule has 3 N–H and O–H groups in total. The summed E-state index contributed by atoms with van der Waals surface area (Å²) in [5, 5.41) is 3.43. The third-order valence-corrected chi connectivity index (χ3v) is 4.18. The smallest absolute Gasteiger partial charge is 0.135 e. The van der Waals surface area contributed by atoms with E-state index in [4.69, 9.17) is 18.0 Å². The van der Waals surface area contributed by atoms with E-state index in [1.165, 1.54) is 25.3 Å². The van der Waals surface area contributed by atoms with E-state index < -0.39 is 0 Å². The van der Waals surface area contributed by atoms with Crippen molar-refractivity contribution in [1.29, 1.82) is 0 Å². The molecule has 1 fully saturated rings. The van der Waals surface area contributed by atoms with Crippen LogP contribution in [0.5, 0.6) is 0 Å². The van der Waals surface area contributed by atoms with Gasteiger partial charge in [-0.05, 0) is 30.9 Å². The minimum atomic E-state index is -0.347. The van der Waals surface area contributed by atoms with Crippen molar-refractivity contribution in [3.05, 3.63) is 29.6 Å². The summed E-state index contributed by atoms with van der Waals surface area (Å²) in [6, 6.07) is 5.34. The number of hydrogen-bond donors (Lipinski definition) is 2. The van der Waals surface area contributed by atoms with E-state index in [1.54, 1.807) is 6.07 Å². The van der Waals surface area contributed by atoms with Crippen molar-refractivity contribution < 1.29 is 4.39 Å². The van der Waals surface area contributed by atoms with Gasteiger partial charge in [-0.1, -0.05) is 44.5 Å². The average molecular weight is 280 g/mol. The van der Waals surface area contributed by atoms with Crippen LogP contribution in [0.2, 0.25) is 0 Å². The molecule has 4 heteroatoms. The molecule has 104 valence electrons. The van der Waals surface area contributed by atoms with E-state index in [1.807, 2.05) is 6.07 Å². The van der Waals surface area contributed by atoms with Crippen molar-refractivity contribution in [2.24, 2.45) is 11.7 Å². The Hall–Kier alpha value is -1.16. The Balaban J connectivity index is 2.14. The zero-order chi connectivity index (χ0) is 13.8. The van der Waals surface area contributed by atoms with Gasteiger partial charge in [0.2, 0.25) is 0 Å². The summed E-state index contributed by atoms with van der Waals surface area (Å²) >= 11 is 4.95. The maximum Gasteiger partial charge on any atom is 0.135 e. The molecule has 0 radical (unpaired) electrons. The fourth-order valence-corrected chi connectivity index (χ4v) is 3.12. The van der Waals surface area contributed by atoms with Crippen molar-refractivity contribution in [3.63, 3.8) is 0 Å². The summed E-state index contributed by atoms with van der Waals surface area (Å²) in [6.45, 7) is 2.23. The van der Waals surface area contributed by atoms with Crippen LogP contribution in [-0.4, -0.2) is 11.0 Å². The Morgan fingerprint density at radius 1 is 1.47 bits per heavy atom. The minimum Gasteiger partial charge on any atom is -0.389 e. The second-order valence-electron chi connectivity index (χ2n) is 5.31. The molecular weight excluding hydrogens is 259 g/mol. The van der Waals surface area contributed by atoms with Crippen molar-refractivity contribution in [3.8, 4) is 0 Å². The highest BCUT2D eigenvalue weighted by Crippen LogP contribution is 2.30. The van der Waals surface area contributed by atoms with Crippen LogP contribution in [0.4, 0.5) is 10.1 Å². The van der Waals surface area contributed by atoms with Gasteiger partial charge in [-0.2, -0.15) is 0 Å². The lowest BCUT2D eigenvalue weighted by Crippen LogP contribution is -2.28. The number of benzene rings is 1. The molecule has 2 nitrogen and oxygen atoms in total. The Morgan fingerprint density at radius 2 is 2.26 bits per heavy atom. The average Bonchev–Trinajstić information content (AvgIpc) is 2.38. The molecule has 1 aromatic rings. The molecule has 1 aliphatic rings. The SMILES string of the molecule is CCC1CCCC(Nc2cccc(F)c2C(N)=S)C1. The van der Waals surface area contributed by atoms with E-state index in [9.17, 15) is 4.39 Å². The quantitative estimate of drug-likeness (QED) is 0.823. The van der Waals surface area contributed by atoms with E-state index >= 15 is 0 Å². The molecule has 2 unspecified atom stereocenters. The molecule has 0 amide bonds. The first kappa shape index (κ1) is 14.3. The Labute approximate surface area is 119 Å². The van der Waals surface area contributed by atoms with Crippen molar-refractivity contribution >= 4 is 22.9 Å². The molecule has 1 saturated carbocycles. The van der Waals surface area contributed by atoms with Crippen molar-refractivity contribution in [2.75, 3.05) is 5.32 Å². The maximum atomic E-state index is 13.8. The second kappa shape index (κ2) is 6.33. The van der Waals surface area contributed by atoms with Crippen LogP contribution >= 0.6 is 12.2 Å². The molecule has 2 rings (SSSR count). The van der Waals surface area contributed by atoms with Crippen LogP contribution in [0.15, 0.2) is 18.2 Å². The molecule has 1 aliphatic carbocycles. The lowest BCUT2D eigenvalue weighted by atomic mass is 9.84. The van der Waals surface area contributed by atoms with Gasteiger partial charge in [-0.15, -0.1) is 0 Å². The van der Waals surface area contributed by atoms with Crippen LogP contribution in [-0.2, 0) is 0 Å². The zero-order valence-electron chi connectivity index (χ0n) is 11.3. The molecule has 0 heterocycles. The Kier molecular flexibility index (Phi) is 4.75. The fraction of sp³-hybridized carbons (Fsp3) is 0.533. The number of thiocarbonyl (C=S) groups is 1. The third-order valence-electron chi connectivity index (χ3n) is 3.98. The summed E-state index contributed by atoms with van der Waals surface area (Å²) in [6.07, 6.45) is 6.02. The number of rotatable bonds is 4. The van der Waals surface area contributed by atoms with E-state index in [0.29, 0.717) is 11.6 Å². The van der Waals surface area contributed by atoms with Crippen LogP contribution in [0, 0.1) is 11.7 Å². The normalized spacial score (nSPS) is 23.1. The summed E-state index contributed by atoms with van der Waals surface area (Å²) < 4.78 is 13.8. The molecule has 1 aromatic carbocycles. The summed E-state index contributed by atoms with van der Waals surface area (Å²) in [5.41, 5.74) is 6.70. The van der Waals surface area contributed by atoms with E-state index in [-0.39, 0.29) is 10.8 Å². The number of nitrogens with one attached hydrogen (secondary N) is 1. The predicted octanol–water partition coefficient (Wildman–Crippen LogP) is 3.84. The molecule has 0 saturated heterocycles. The summed E-state index contributed by atoms with van der Waals surface area (Å²) in [7, 11) is 0. The molecule has 0 aliphatic heterocycles. The van der Waals surface area contributed by atoms with Gasteiger partial charge < -0.3 is 11.1 Å². The first-order valence-electron chi connectivity index (χ1n) is 6.96. The maximum absolute atomic E-state index is 13.8. The monoisotopic (exact) mass is 280 g/mol. The molecule has 2 atom stereocenters. The highest BCUT2D eigenvalue weighted by atomic mass is 32.1. The van der Waals surface area contributed by atoms with Gasteiger partial charge in [0.25, 0.3) is 0 Å². The van der Waals surface area contributed by atoms with Crippen molar-refractivity contribution in [2.45, 2.75) is 45.1 Å². The largest absolute Gasteiger partial charge is 0.389 e. The predicted molar refractivity (Wildman–Crippen MR) is 81.9 cm³/mol. The number of anilines is 1. The first-order valence-corrected chi connectivity index (χ1v) is 7.37. The summed E-state index contributed by atoms with van der Waals surface area (Å²) in [5.74, 6) is 0.424. The van der Waals surface area contributed by atoms with Gasteiger partial charge in [0.1, 0.15) is 10.8 Å².